The van der Waals surface area contributed by atoms with Gasteiger partial charge in [0, 0.05) is 18.2 Å². The quantitative estimate of drug-likeness (QED) is 0.613. The van der Waals surface area contributed by atoms with Crippen molar-refractivity contribution in [2.75, 3.05) is 5.32 Å². The summed E-state index contributed by atoms with van der Waals surface area (Å²) in [4.78, 5) is 12.4. The Labute approximate surface area is 169 Å². The van der Waals surface area contributed by atoms with Crippen molar-refractivity contribution in [1.29, 1.82) is 0 Å². The summed E-state index contributed by atoms with van der Waals surface area (Å²) in [5, 5.41) is 10.6. The molecule has 1 aliphatic rings. The van der Waals surface area contributed by atoms with Gasteiger partial charge in [-0.25, -0.2) is 13.2 Å². The number of carbonyl (C=O) groups excluding carboxylic acids is 1. The van der Waals surface area contributed by atoms with Crippen molar-refractivity contribution in [2.45, 2.75) is 38.3 Å². The fourth-order valence-corrected chi connectivity index (χ4v) is 3.51. The van der Waals surface area contributed by atoms with Crippen molar-refractivity contribution in [3.63, 3.8) is 0 Å². The van der Waals surface area contributed by atoms with E-state index in [4.69, 9.17) is 11.6 Å². The van der Waals surface area contributed by atoms with Gasteiger partial charge in [-0.1, -0.05) is 23.7 Å². The van der Waals surface area contributed by atoms with E-state index in [1.165, 1.54) is 16.8 Å². The molecule has 0 aliphatic heterocycles. The van der Waals surface area contributed by atoms with E-state index in [0.29, 0.717) is 18.1 Å². The maximum absolute atomic E-state index is 13.3. The molecule has 1 aromatic carbocycles. The van der Waals surface area contributed by atoms with Gasteiger partial charge in [0.25, 0.3) is 6.43 Å². The number of hydrogen-bond donors (Lipinski definition) is 1. The van der Waals surface area contributed by atoms with Crippen LogP contribution in [0, 0.1) is 5.82 Å². The van der Waals surface area contributed by atoms with Crippen LogP contribution in [0.4, 0.5) is 19.0 Å². The normalized spacial score (nSPS) is 13.8. The van der Waals surface area contributed by atoms with E-state index < -0.39 is 18.0 Å². The molecule has 0 atom stereocenters. The highest BCUT2D eigenvalue weighted by molar-refractivity contribution is 6.32. The van der Waals surface area contributed by atoms with Crippen LogP contribution in [-0.4, -0.2) is 25.5 Å². The van der Waals surface area contributed by atoms with Crippen LogP contribution in [0.25, 0.3) is 0 Å². The number of nitrogens with zero attached hydrogens (tertiary/aromatic N) is 4. The molecular weight excluding hydrogens is 407 g/mol. The van der Waals surface area contributed by atoms with Gasteiger partial charge in [-0.3, -0.25) is 14.2 Å². The number of aromatic nitrogens is 4. The first-order valence-electron chi connectivity index (χ1n) is 9.02. The Kier molecular flexibility index (Phi) is 5.31. The molecular formula is C19H17ClF3N5O. The summed E-state index contributed by atoms with van der Waals surface area (Å²) in [6, 6.07) is 7.73. The molecule has 1 saturated carbocycles. The second kappa shape index (κ2) is 7.90. The monoisotopic (exact) mass is 423 g/mol. The van der Waals surface area contributed by atoms with Gasteiger partial charge in [-0.15, -0.1) is 0 Å². The SMILES string of the molecule is O=C(Cn1nc(C(F)F)c(Cl)c1C1CC1)Nc1ccn(Cc2cccc(F)c2)n1. The summed E-state index contributed by atoms with van der Waals surface area (Å²) in [6.07, 6.45) is 0.513. The fraction of sp³-hybridized carbons (Fsp3) is 0.316. The molecule has 4 rings (SSSR count). The van der Waals surface area contributed by atoms with E-state index in [1.807, 2.05) is 0 Å². The molecule has 2 heterocycles. The first-order valence-corrected chi connectivity index (χ1v) is 9.40. The number of alkyl halides is 2. The second-order valence-electron chi connectivity index (χ2n) is 6.89. The standard InChI is InChI=1S/C19H17ClF3N5O/c20-16-17(19(22)23)26-28(18(16)12-4-5-12)10-15(29)24-14-6-7-27(25-14)9-11-2-1-3-13(21)8-11/h1-3,6-8,12,19H,4-5,9-10H2,(H,24,25,29). The number of carbonyl (C=O) groups is 1. The van der Waals surface area contributed by atoms with Crippen molar-refractivity contribution in [2.24, 2.45) is 0 Å². The van der Waals surface area contributed by atoms with Crippen LogP contribution in [0.3, 0.4) is 0 Å². The molecule has 0 radical (unpaired) electrons. The lowest BCUT2D eigenvalue weighted by molar-refractivity contribution is -0.117. The van der Waals surface area contributed by atoms with Gasteiger partial charge in [0.05, 0.1) is 17.3 Å². The summed E-state index contributed by atoms with van der Waals surface area (Å²) in [5.41, 5.74) is 0.709. The van der Waals surface area contributed by atoms with Crippen molar-refractivity contribution < 1.29 is 18.0 Å². The molecule has 1 amide bonds. The van der Waals surface area contributed by atoms with Crippen LogP contribution in [0.5, 0.6) is 0 Å². The van der Waals surface area contributed by atoms with Crippen LogP contribution < -0.4 is 5.32 Å². The Morgan fingerprint density at radius 3 is 2.76 bits per heavy atom. The highest BCUT2D eigenvalue weighted by Gasteiger charge is 2.34. The molecule has 1 aliphatic carbocycles. The van der Waals surface area contributed by atoms with Crippen LogP contribution in [0.15, 0.2) is 36.5 Å². The van der Waals surface area contributed by atoms with Gasteiger partial charge in [0.15, 0.2) is 5.82 Å². The summed E-state index contributed by atoms with van der Waals surface area (Å²) in [5.74, 6) is -0.439. The molecule has 10 heteroatoms. The van der Waals surface area contributed by atoms with E-state index in [9.17, 15) is 18.0 Å². The van der Waals surface area contributed by atoms with Crippen LogP contribution in [-0.2, 0) is 17.9 Å². The van der Waals surface area contributed by atoms with Crippen LogP contribution >= 0.6 is 11.6 Å². The smallest absolute Gasteiger partial charge is 0.283 e. The Hall–Kier alpha value is -2.81. The number of rotatable bonds is 7. The number of anilines is 1. The highest BCUT2D eigenvalue weighted by atomic mass is 35.5. The number of hydrogen-bond acceptors (Lipinski definition) is 3. The number of halogens is 4. The highest BCUT2D eigenvalue weighted by Crippen LogP contribution is 2.45. The zero-order valence-electron chi connectivity index (χ0n) is 15.2. The first-order chi connectivity index (χ1) is 13.9. The predicted molar refractivity (Wildman–Crippen MR) is 101 cm³/mol. The minimum absolute atomic E-state index is 0.0563. The third-order valence-corrected chi connectivity index (χ3v) is 4.95. The first kappa shape index (κ1) is 19.5. The van der Waals surface area contributed by atoms with Crippen molar-refractivity contribution in [3.8, 4) is 0 Å². The van der Waals surface area contributed by atoms with Gasteiger partial charge in [-0.05, 0) is 30.5 Å². The van der Waals surface area contributed by atoms with Crippen LogP contribution in [0.2, 0.25) is 5.02 Å². The van der Waals surface area contributed by atoms with Gasteiger partial charge >= 0.3 is 0 Å². The lowest BCUT2D eigenvalue weighted by Gasteiger charge is -2.07. The largest absolute Gasteiger partial charge is 0.308 e. The number of amides is 1. The second-order valence-corrected chi connectivity index (χ2v) is 7.27. The molecule has 1 N–H and O–H groups in total. The molecule has 29 heavy (non-hydrogen) atoms. The summed E-state index contributed by atoms with van der Waals surface area (Å²) in [6.45, 7) is 0.0982. The van der Waals surface area contributed by atoms with Crippen molar-refractivity contribution >= 4 is 23.3 Å². The molecule has 0 spiro atoms. The third-order valence-electron chi connectivity index (χ3n) is 4.56. The Morgan fingerprint density at radius 2 is 2.07 bits per heavy atom. The lowest BCUT2D eigenvalue weighted by Crippen LogP contribution is -2.21. The van der Waals surface area contributed by atoms with Crippen molar-refractivity contribution in [3.05, 3.63) is 64.3 Å². The predicted octanol–water partition coefficient (Wildman–Crippen LogP) is 4.37. The molecule has 0 unspecified atom stereocenters. The minimum Gasteiger partial charge on any atom is -0.308 e. The average molecular weight is 424 g/mol. The van der Waals surface area contributed by atoms with Crippen LogP contribution in [0.1, 0.15) is 42.1 Å². The average Bonchev–Trinajstić information content (AvgIpc) is 3.31. The molecule has 3 aromatic rings. The minimum atomic E-state index is -2.80. The van der Waals surface area contributed by atoms with Gasteiger partial charge in [-0.2, -0.15) is 10.2 Å². The summed E-state index contributed by atoms with van der Waals surface area (Å²) in [7, 11) is 0. The third kappa shape index (κ3) is 4.45. The lowest BCUT2D eigenvalue weighted by atomic mass is 10.2. The number of nitrogens with one attached hydrogen (secondary N) is 1. The van der Waals surface area contributed by atoms with Gasteiger partial charge < -0.3 is 5.32 Å². The number of benzene rings is 1. The van der Waals surface area contributed by atoms with E-state index in [2.05, 4.69) is 15.5 Å². The molecule has 2 aromatic heterocycles. The van der Waals surface area contributed by atoms with Crippen molar-refractivity contribution in [1.82, 2.24) is 19.6 Å². The molecule has 6 nitrogen and oxygen atoms in total. The molecule has 152 valence electrons. The van der Waals surface area contributed by atoms with E-state index in [-0.39, 0.29) is 23.3 Å². The topological polar surface area (TPSA) is 64.7 Å². The molecule has 0 saturated heterocycles. The van der Waals surface area contributed by atoms with E-state index in [1.54, 1.807) is 29.1 Å². The Morgan fingerprint density at radius 1 is 1.28 bits per heavy atom. The maximum Gasteiger partial charge on any atom is 0.283 e. The van der Waals surface area contributed by atoms with Gasteiger partial charge in [0.2, 0.25) is 5.91 Å². The van der Waals surface area contributed by atoms with E-state index in [0.717, 1.165) is 18.4 Å². The van der Waals surface area contributed by atoms with E-state index >= 15 is 0 Å². The fourth-order valence-electron chi connectivity index (χ4n) is 3.14. The summed E-state index contributed by atoms with van der Waals surface area (Å²) >= 11 is 6.06. The Bertz CT molecular complexity index is 1040. The molecule has 1 fully saturated rings. The molecule has 0 bridgehead atoms. The Balaban J connectivity index is 1.43. The van der Waals surface area contributed by atoms with Gasteiger partial charge in [0.1, 0.15) is 18.1 Å². The zero-order chi connectivity index (χ0) is 20.5. The summed E-state index contributed by atoms with van der Waals surface area (Å²) < 4.78 is 42.3. The maximum atomic E-state index is 13.3. The zero-order valence-corrected chi connectivity index (χ0v) is 15.9.